The van der Waals surface area contributed by atoms with E-state index in [0.29, 0.717) is 25.7 Å². The smallest absolute Gasteiger partial charge is 0.462 e. The maximum atomic E-state index is 13.1. The van der Waals surface area contributed by atoms with Crippen LogP contribution in [0.15, 0.2) is 0 Å². The third-order valence-electron chi connectivity index (χ3n) is 18.4. The Labute approximate surface area is 588 Å². The maximum Gasteiger partial charge on any atom is 0.472 e. The fourth-order valence-corrected chi connectivity index (χ4v) is 13.4. The van der Waals surface area contributed by atoms with Crippen molar-refractivity contribution in [2.75, 3.05) is 39.6 Å². The van der Waals surface area contributed by atoms with Gasteiger partial charge < -0.3 is 33.8 Å². The molecule has 0 aliphatic heterocycles. The molecule has 0 radical (unpaired) electrons. The number of unbranched alkanes of at least 4 members (excludes halogenated alkanes) is 48. The summed E-state index contributed by atoms with van der Waals surface area (Å²) in [6, 6.07) is 0. The van der Waals surface area contributed by atoms with Crippen LogP contribution in [0, 0.1) is 5.92 Å². The molecule has 0 amide bonds. The van der Waals surface area contributed by atoms with Crippen molar-refractivity contribution in [3.05, 3.63) is 0 Å². The van der Waals surface area contributed by atoms with E-state index in [-0.39, 0.29) is 25.7 Å². The second-order valence-corrected chi connectivity index (χ2v) is 30.9. The zero-order chi connectivity index (χ0) is 70.5. The Kier molecular flexibility index (Phi) is 68.7. The largest absolute Gasteiger partial charge is 0.472 e. The molecule has 0 fully saturated rings. The lowest BCUT2D eigenvalue weighted by atomic mass is 9.99. The number of phosphoric ester groups is 2. The Balaban J connectivity index is 5.22. The van der Waals surface area contributed by atoms with Gasteiger partial charge in [-0.05, 0) is 31.6 Å². The predicted molar refractivity (Wildman–Crippen MR) is 391 cm³/mol. The van der Waals surface area contributed by atoms with Gasteiger partial charge in [-0.2, -0.15) is 0 Å². The number of aliphatic hydroxyl groups excluding tert-OH is 1. The van der Waals surface area contributed by atoms with E-state index in [2.05, 4.69) is 34.6 Å². The normalized spacial score (nSPS) is 14.2. The summed E-state index contributed by atoms with van der Waals surface area (Å²) in [6.45, 7) is 7.30. The molecule has 0 bridgehead atoms. The average Bonchev–Trinajstić information content (AvgIpc) is 1.21. The Morgan fingerprint density at radius 1 is 0.292 bits per heavy atom. The van der Waals surface area contributed by atoms with E-state index in [1.54, 1.807) is 0 Å². The predicted octanol–water partition coefficient (Wildman–Crippen LogP) is 22.9. The number of carbonyl (C=O) groups is 4. The molecule has 570 valence electrons. The van der Waals surface area contributed by atoms with Crippen LogP contribution in [0.5, 0.6) is 0 Å². The maximum absolute atomic E-state index is 13.1. The van der Waals surface area contributed by atoms with Crippen LogP contribution in [0.3, 0.4) is 0 Å². The molecule has 3 unspecified atom stereocenters. The molecule has 3 N–H and O–H groups in total. The highest BCUT2D eigenvalue weighted by molar-refractivity contribution is 7.47. The van der Waals surface area contributed by atoms with Gasteiger partial charge in [0.05, 0.1) is 26.4 Å². The van der Waals surface area contributed by atoms with Crippen LogP contribution >= 0.6 is 15.6 Å². The number of aliphatic hydroxyl groups is 1. The van der Waals surface area contributed by atoms with Crippen molar-refractivity contribution in [3.8, 4) is 0 Å². The van der Waals surface area contributed by atoms with Crippen LogP contribution in [0.1, 0.15) is 407 Å². The zero-order valence-electron chi connectivity index (χ0n) is 62.5. The molecule has 0 rings (SSSR count). The van der Waals surface area contributed by atoms with Crippen molar-refractivity contribution >= 4 is 39.5 Å². The Bertz CT molecular complexity index is 1840. The third-order valence-corrected chi connectivity index (χ3v) is 20.3. The SMILES string of the molecule is CCCCCCCCCCCCCCCCCCCCCCC(=O)O[C@H](COC(=O)CCCCCCCCCCC(C)CC)COP(=O)(O)OC[C@@H](O)COP(=O)(O)OC[C@@H](COC(=O)CCCCCCCCCCCCCC)OC(=O)CCCCCCCCCCCCCC. The molecule has 0 aromatic carbocycles. The van der Waals surface area contributed by atoms with Crippen LogP contribution in [0.25, 0.3) is 0 Å². The summed E-state index contributed by atoms with van der Waals surface area (Å²) in [5, 5.41) is 10.6. The molecule has 0 saturated carbocycles. The lowest BCUT2D eigenvalue weighted by Gasteiger charge is -2.21. The number of ether oxygens (including phenoxy) is 4. The fraction of sp³-hybridized carbons (Fsp3) is 0.948. The molecule has 0 spiro atoms. The quantitative estimate of drug-likeness (QED) is 0.0222. The van der Waals surface area contributed by atoms with Gasteiger partial charge in [-0.1, -0.05) is 356 Å². The van der Waals surface area contributed by atoms with Gasteiger partial charge in [-0.3, -0.25) is 37.3 Å². The van der Waals surface area contributed by atoms with Gasteiger partial charge in [-0.25, -0.2) is 9.13 Å². The van der Waals surface area contributed by atoms with Gasteiger partial charge in [0.1, 0.15) is 19.3 Å². The molecule has 0 saturated heterocycles. The van der Waals surface area contributed by atoms with E-state index in [4.69, 9.17) is 37.0 Å². The molecule has 17 nitrogen and oxygen atoms in total. The molecule has 0 aromatic heterocycles. The second-order valence-electron chi connectivity index (χ2n) is 28.0. The van der Waals surface area contributed by atoms with Gasteiger partial charge in [0, 0.05) is 25.7 Å². The summed E-state index contributed by atoms with van der Waals surface area (Å²) < 4.78 is 68.6. The first-order valence-corrected chi connectivity index (χ1v) is 43.2. The molecule has 19 heteroatoms. The fourth-order valence-electron chi connectivity index (χ4n) is 11.8. The second kappa shape index (κ2) is 70.1. The number of phosphoric acid groups is 2. The Morgan fingerprint density at radius 3 is 0.740 bits per heavy atom. The van der Waals surface area contributed by atoms with E-state index < -0.39 is 97.5 Å². The first-order valence-electron chi connectivity index (χ1n) is 40.2. The van der Waals surface area contributed by atoms with Gasteiger partial charge in [0.2, 0.25) is 0 Å². The minimum Gasteiger partial charge on any atom is -0.462 e. The number of rotatable bonds is 77. The molecule has 0 heterocycles. The number of carbonyl (C=O) groups excluding carboxylic acids is 4. The molecule has 6 atom stereocenters. The molecular weight excluding hydrogens is 1260 g/mol. The summed E-state index contributed by atoms with van der Waals surface area (Å²) in [5.74, 6) is -1.33. The highest BCUT2D eigenvalue weighted by atomic mass is 31.2. The number of esters is 4. The van der Waals surface area contributed by atoms with Crippen molar-refractivity contribution in [2.24, 2.45) is 5.92 Å². The lowest BCUT2D eigenvalue weighted by Crippen LogP contribution is -2.30. The molecule has 0 aliphatic rings. The topological polar surface area (TPSA) is 237 Å². The Morgan fingerprint density at radius 2 is 0.500 bits per heavy atom. The van der Waals surface area contributed by atoms with Crippen LogP contribution < -0.4 is 0 Å². The van der Waals surface area contributed by atoms with Crippen molar-refractivity contribution in [3.63, 3.8) is 0 Å². The highest BCUT2D eigenvalue weighted by Gasteiger charge is 2.30. The summed E-state index contributed by atoms with van der Waals surface area (Å²) in [7, 11) is -9.91. The lowest BCUT2D eigenvalue weighted by molar-refractivity contribution is -0.161. The van der Waals surface area contributed by atoms with E-state index in [0.717, 1.165) is 95.8 Å². The minimum absolute atomic E-state index is 0.108. The van der Waals surface area contributed by atoms with Crippen LogP contribution in [-0.2, 0) is 65.4 Å². The summed E-state index contributed by atoms with van der Waals surface area (Å²) >= 11 is 0. The number of hydrogen-bond donors (Lipinski definition) is 3. The first-order chi connectivity index (χ1) is 46.6. The van der Waals surface area contributed by atoms with E-state index in [1.165, 1.54) is 231 Å². The summed E-state index contributed by atoms with van der Waals surface area (Å²) in [5.41, 5.74) is 0. The minimum atomic E-state index is -4.96. The first kappa shape index (κ1) is 94.1. The monoisotopic (exact) mass is 1410 g/mol. The van der Waals surface area contributed by atoms with Gasteiger partial charge >= 0.3 is 39.5 Å². The van der Waals surface area contributed by atoms with Gasteiger partial charge in [-0.15, -0.1) is 0 Å². The molecule has 0 aromatic rings. The summed E-state index contributed by atoms with van der Waals surface area (Å²) in [6.07, 6.45) is 59.5. The van der Waals surface area contributed by atoms with Gasteiger partial charge in [0.15, 0.2) is 12.2 Å². The van der Waals surface area contributed by atoms with E-state index in [1.807, 2.05) is 0 Å². The van der Waals surface area contributed by atoms with Crippen LogP contribution in [0.4, 0.5) is 0 Å². The van der Waals surface area contributed by atoms with Crippen molar-refractivity contribution < 1.29 is 80.2 Å². The zero-order valence-corrected chi connectivity index (χ0v) is 64.3. The average molecular weight is 1410 g/mol. The van der Waals surface area contributed by atoms with Crippen molar-refractivity contribution in [1.29, 1.82) is 0 Å². The molecular formula is C77H150O17P2. The van der Waals surface area contributed by atoms with Crippen molar-refractivity contribution in [1.82, 2.24) is 0 Å². The van der Waals surface area contributed by atoms with E-state index >= 15 is 0 Å². The standard InChI is InChI=1S/C77H150O17P2/c1-6-10-13-16-19-22-25-28-29-30-31-32-33-34-35-38-41-48-53-58-63-77(82)94-73(67-88-75(80)61-56-51-46-43-42-44-49-54-59-70(5)9-4)69-92-96(85,86)90-65-71(78)64-89-95(83,84)91-68-72(93-76(81)62-57-52-47-40-37-27-24-21-18-15-12-8-3)66-87-74(79)60-55-50-45-39-36-26-23-20-17-14-11-7-2/h70-73,78H,6-69H2,1-5H3,(H,83,84)(H,85,86)/t70?,71-,72+,73+/m0/s1. The molecule has 96 heavy (non-hydrogen) atoms. The Hall–Kier alpha value is -1.94. The summed E-state index contributed by atoms with van der Waals surface area (Å²) in [4.78, 5) is 72.8. The van der Waals surface area contributed by atoms with Gasteiger partial charge in [0.25, 0.3) is 0 Å². The van der Waals surface area contributed by atoms with E-state index in [9.17, 15) is 43.2 Å². The highest BCUT2D eigenvalue weighted by Crippen LogP contribution is 2.45. The van der Waals surface area contributed by atoms with Crippen LogP contribution in [0.2, 0.25) is 0 Å². The molecule has 0 aliphatic carbocycles. The van der Waals surface area contributed by atoms with Crippen molar-refractivity contribution in [2.45, 2.75) is 425 Å². The van der Waals surface area contributed by atoms with Crippen LogP contribution in [-0.4, -0.2) is 96.7 Å². The third kappa shape index (κ3) is 69.2. The number of hydrogen-bond acceptors (Lipinski definition) is 15.